The van der Waals surface area contributed by atoms with Crippen molar-refractivity contribution in [2.75, 3.05) is 26.1 Å². The van der Waals surface area contributed by atoms with Crippen molar-refractivity contribution in [3.05, 3.63) is 105 Å². The summed E-state index contributed by atoms with van der Waals surface area (Å²) in [5.41, 5.74) is 6.09. The zero-order valence-electron chi connectivity index (χ0n) is 27.9. The van der Waals surface area contributed by atoms with Crippen LogP contribution < -0.4 is 20.5 Å². The molecule has 0 spiro atoms. The van der Waals surface area contributed by atoms with Gasteiger partial charge in [0.15, 0.2) is 11.6 Å². The summed E-state index contributed by atoms with van der Waals surface area (Å²) in [6.07, 6.45) is 6.10. The third-order valence-electron chi connectivity index (χ3n) is 10.3. The summed E-state index contributed by atoms with van der Waals surface area (Å²) < 4.78 is 32.0. The van der Waals surface area contributed by atoms with Crippen LogP contribution >= 0.6 is 11.3 Å². The normalized spacial score (nSPS) is 17.5. The smallest absolute Gasteiger partial charge is 0.434 e. The van der Waals surface area contributed by atoms with E-state index in [4.69, 9.17) is 23.9 Å². The number of halogens is 1. The zero-order valence-corrected chi connectivity index (χ0v) is 28.7. The van der Waals surface area contributed by atoms with Crippen molar-refractivity contribution in [2.24, 2.45) is 0 Å². The fraction of sp³-hybridized carbons (Fsp3) is 0.289. The quantitative estimate of drug-likeness (QED) is 0.163. The molecular weight excluding hydrogens is 672 g/mol. The van der Waals surface area contributed by atoms with E-state index in [1.807, 2.05) is 29.2 Å². The van der Waals surface area contributed by atoms with Gasteiger partial charge in [0.05, 0.1) is 53.5 Å². The number of amides is 1. The molecule has 1 amide bonds. The summed E-state index contributed by atoms with van der Waals surface area (Å²) in [4.78, 5) is 39.2. The lowest BCUT2D eigenvalue weighted by molar-refractivity contribution is 0.0776. The molecule has 0 radical (unpaired) electrons. The van der Waals surface area contributed by atoms with Crippen molar-refractivity contribution in [1.29, 1.82) is 0 Å². The van der Waals surface area contributed by atoms with E-state index >= 15 is 0 Å². The van der Waals surface area contributed by atoms with Crippen LogP contribution in [0.15, 0.2) is 63.9 Å². The molecule has 9 rings (SSSR count). The van der Waals surface area contributed by atoms with Crippen LogP contribution in [-0.4, -0.2) is 51.7 Å². The van der Waals surface area contributed by atoms with Gasteiger partial charge < -0.3 is 24.1 Å². The highest BCUT2D eigenvalue weighted by molar-refractivity contribution is 7.23. The highest BCUT2D eigenvalue weighted by atomic mass is 32.1. The van der Waals surface area contributed by atoms with Crippen molar-refractivity contribution >= 4 is 33.1 Å². The average Bonchev–Trinajstić information content (AvgIpc) is 3.98. The number of hydrogen-bond acceptors (Lipinski definition) is 10. The monoisotopic (exact) mass is 704 g/mol. The predicted molar refractivity (Wildman–Crippen MR) is 190 cm³/mol. The molecule has 11 nitrogen and oxygen atoms in total. The number of hydrogen-bond donors (Lipinski definition) is 2. The van der Waals surface area contributed by atoms with Crippen LogP contribution in [0, 0.1) is 5.82 Å². The average molecular weight is 705 g/mol. The number of thiophene rings is 1. The summed E-state index contributed by atoms with van der Waals surface area (Å²) in [5.74, 6) is 0.592. The van der Waals surface area contributed by atoms with Crippen molar-refractivity contribution in [2.45, 2.75) is 50.6 Å². The number of aryl methyl sites for hydroxylation is 2. The number of anilines is 1. The molecule has 6 aromatic rings. The number of pyridine rings is 2. The SMILES string of the molecule is COc1ccc(CCc2nc3c(c(-c4cc5ccnc(N[C@H]6CCc7c(OC)cccc76)c5s4)c2-c2n[nH]c(=O)o2)C(=O)N2CCC[C@@H]32)cc1F. The van der Waals surface area contributed by atoms with E-state index in [1.165, 1.54) is 35.6 Å². The molecule has 51 heavy (non-hydrogen) atoms. The molecule has 3 aliphatic rings. The van der Waals surface area contributed by atoms with Gasteiger partial charge in [-0.1, -0.05) is 18.2 Å². The Hall–Kier alpha value is -5.56. The number of ether oxygens (including phenoxy) is 2. The first kappa shape index (κ1) is 31.4. The van der Waals surface area contributed by atoms with E-state index in [9.17, 15) is 14.0 Å². The van der Waals surface area contributed by atoms with Crippen molar-refractivity contribution in [1.82, 2.24) is 25.1 Å². The molecule has 2 atom stereocenters. The number of carbonyl (C=O) groups is 1. The summed E-state index contributed by atoms with van der Waals surface area (Å²) >= 11 is 1.52. The predicted octanol–water partition coefficient (Wildman–Crippen LogP) is 7.03. The number of nitrogens with zero attached hydrogens (tertiary/aromatic N) is 4. The van der Waals surface area contributed by atoms with E-state index in [0.29, 0.717) is 41.8 Å². The third kappa shape index (κ3) is 5.17. The first-order valence-electron chi connectivity index (χ1n) is 17.0. The van der Waals surface area contributed by atoms with Gasteiger partial charge in [0.2, 0.25) is 0 Å². The molecule has 258 valence electrons. The fourth-order valence-electron chi connectivity index (χ4n) is 7.99. The molecule has 13 heteroatoms. The Bertz CT molecular complexity index is 2420. The second kappa shape index (κ2) is 12.3. The van der Waals surface area contributed by atoms with Crippen LogP contribution in [0.5, 0.6) is 11.5 Å². The molecule has 0 unspecified atom stereocenters. The van der Waals surface area contributed by atoms with Crippen molar-refractivity contribution < 1.29 is 23.1 Å². The van der Waals surface area contributed by atoms with Gasteiger partial charge in [-0.05, 0) is 90.9 Å². The van der Waals surface area contributed by atoms with Gasteiger partial charge in [-0.3, -0.25) is 9.78 Å². The van der Waals surface area contributed by atoms with Gasteiger partial charge in [-0.15, -0.1) is 16.4 Å². The number of H-pyrrole nitrogens is 1. The largest absolute Gasteiger partial charge is 0.496 e. The number of carbonyl (C=O) groups excluding carboxylic acids is 1. The van der Waals surface area contributed by atoms with Crippen molar-refractivity contribution in [3.63, 3.8) is 0 Å². The van der Waals surface area contributed by atoms with Gasteiger partial charge in [0.1, 0.15) is 11.6 Å². The number of methoxy groups -OCH3 is 2. The van der Waals surface area contributed by atoms with Crippen LogP contribution in [0.4, 0.5) is 10.2 Å². The van der Waals surface area contributed by atoms with Gasteiger partial charge >= 0.3 is 5.76 Å². The number of benzene rings is 2. The highest BCUT2D eigenvalue weighted by Gasteiger charge is 2.45. The van der Waals surface area contributed by atoms with E-state index in [1.54, 1.807) is 19.4 Å². The number of aromatic nitrogens is 4. The molecule has 2 N–H and O–H groups in total. The lowest BCUT2D eigenvalue weighted by Gasteiger charge is -2.16. The Labute approximate surface area is 295 Å². The van der Waals surface area contributed by atoms with Crippen LogP contribution in [0.1, 0.15) is 69.8 Å². The molecular formula is C38H33FN6O5S. The minimum atomic E-state index is -0.716. The topological polar surface area (TPSA) is 135 Å². The molecule has 4 aromatic heterocycles. The number of nitrogens with one attached hydrogen (secondary N) is 2. The Morgan fingerprint density at radius 2 is 1.92 bits per heavy atom. The van der Waals surface area contributed by atoms with Crippen molar-refractivity contribution in [3.8, 4) is 33.4 Å². The first-order valence-corrected chi connectivity index (χ1v) is 17.8. The number of rotatable bonds is 9. The molecule has 6 heterocycles. The van der Waals surface area contributed by atoms with E-state index in [-0.39, 0.29) is 29.6 Å². The Kier molecular flexibility index (Phi) is 7.60. The zero-order chi connectivity index (χ0) is 34.8. The molecule has 1 fully saturated rings. The fourth-order valence-corrected chi connectivity index (χ4v) is 9.16. The first-order chi connectivity index (χ1) is 24.9. The van der Waals surface area contributed by atoms with Crippen LogP contribution in [0.25, 0.3) is 32.0 Å². The summed E-state index contributed by atoms with van der Waals surface area (Å²) in [5, 5.41) is 11.3. The van der Waals surface area contributed by atoms with E-state index < -0.39 is 11.6 Å². The molecule has 2 aromatic carbocycles. The molecule has 0 bridgehead atoms. The van der Waals surface area contributed by atoms with Crippen LogP contribution in [0.2, 0.25) is 0 Å². The number of fused-ring (bicyclic) bond motifs is 5. The second-order valence-corrected chi connectivity index (χ2v) is 14.1. The lowest BCUT2D eigenvalue weighted by atomic mass is 9.93. The van der Waals surface area contributed by atoms with Crippen LogP contribution in [0.3, 0.4) is 0 Å². The summed E-state index contributed by atoms with van der Waals surface area (Å²) in [6, 6.07) is 14.9. The Morgan fingerprint density at radius 3 is 2.73 bits per heavy atom. The Morgan fingerprint density at radius 1 is 1.04 bits per heavy atom. The maximum atomic E-state index is 14.7. The van der Waals surface area contributed by atoms with Crippen LogP contribution in [-0.2, 0) is 19.3 Å². The van der Waals surface area contributed by atoms with Gasteiger partial charge in [0.25, 0.3) is 11.8 Å². The molecule has 1 aliphatic carbocycles. The van der Waals surface area contributed by atoms with Gasteiger partial charge in [-0.2, -0.15) is 0 Å². The minimum absolute atomic E-state index is 0.0477. The van der Waals surface area contributed by atoms with Gasteiger partial charge in [0, 0.05) is 23.2 Å². The summed E-state index contributed by atoms with van der Waals surface area (Å²) in [6.45, 7) is 0.643. The van der Waals surface area contributed by atoms with E-state index in [0.717, 1.165) is 63.5 Å². The maximum absolute atomic E-state index is 14.7. The minimum Gasteiger partial charge on any atom is -0.496 e. The standard InChI is InChI=1S/C38H33FN6O5S/c1-48-27-7-3-5-21-22(27)10-12-24(21)42-35-34-20(14-15-40-35)18-29(51-34)31-30(36-43-44-38(47)50-36)25(11-8-19-9-13-28(49-2)23(39)17-19)41-33-26-6-4-16-45(26)37(46)32(31)33/h3,5,7,9,13-15,17-18,24,26H,4,6,8,10-12,16H2,1-2H3,(H,40,42)(H,44,47)/t24-,26-/m0/s1. The number of aromatic amines is 1. The Balaban J connectivity index is 1.19. The van der Waals surface area contributed by atoms with Gasteiger partial charge in [-0.25, -0.2) is 19.3 Å². The second-order valence-electron chi connectivity index (χ2n) is 13.1. The maximum Gasteiger partial charge on any atom is 0.434 e. The third-order valence-corrected chi connectivity index (χ3v) is 11.5. The molecule has 1 saturated heterocycles. The molecule has 2 aliphatic heterocycles. The molecule has 0 saturated carbocycles. The van der Waals surface area contributed by atoms with E-state index in [2.05, 4.69) is 27.6 Å². The highest BCUT2D eigenvalue weighted by Crippen LogP contribution is 2.50. The summed E-state index contributed by atoms with van der Waals surface area (Å²) in [7, 11) is 3.13. The lowest BCUT2D eigenvalue weighted by Crippen LogP contribution is -2.22.